The third-order valence-electron chi connectivity index (χ3n) is 3.62. The highest BCUT2D eigenvalue weighted by molar-refractivity contribution is 5.69. The van der Waals surface area contributed by atoms with Crippen LogP contribution < -0.4 is 5.32 Å². The molecule has 1 fully saturated rings. The van der Waals surface area contributed by atoms with Gasteiger partial charge in [0.15, 0.2) is 0 Å². The van der Waals surface area contributed by atoms with Crippen molar-refractivity contribution >= 4 is 6.09 Å². The minimum absolute atomic E-state index is 0.212. The Balaban J connectivity index is 2.70. The van der Waals surface area contributed by atoms with Crippen LogP contribution in [-0.4, -0.2) is 40.2 Å². The minimum Gasteiger partial charge on any atom is -0.444 e. The van der Waals surface area contributed by atoms with Gasteiger partial charge in [0.2, 0.25) is 0 Å². The van der Waals surface area contributed by atoms with E-state index >= 15 is 0 Å². The molecule has 0 bridgehead atoms. The predicted octanol–water partition coefficient (Wildman–Crippen LogP) is 1.03. The summed E-state index contributed by atoms with van der Waals surface area (Å²) < 4.78 is 5.16. The molecule has 2 unspecified atom stereocenters. The van der Waals surface area contributed by atoms with E-state index in [1.807, 2.05) is 13.8 Å². The van der Waals surface area contributed by atoms with Gasteiger partial charge in [-0.3, -0.25) is 0 Å². The van der Waals surface area contributed by atoms with Gasteiger partial charge in [-0.1, -0.05) is 13.8 Å². The van der Waals surface area contributed by atoms with E-state index in [9.17, 15) is 15.0 Å². The van der Waals surface area contributed by atoms with Gasteiger partial charge >= 0.3 is 6.09 Å². The number of amides is 1. The second-order valence-electron chi connectivity index (χ2n) is 6.31. The van der Waals surface area contributed by atoms with Crippen molar-refractivity contribution in [2.45, 2.75) is 58.3 Å². The lowest BCUT2D eigenvalue weighted by atomic mass is 9.54. The zero-order chi connectivity index (χ0) is 13.5. The number of ether oxygens (including phenoxy) is 1. The number of hydrogen-bond donors (Lipinski definition) is 3. The van der Waals surface area contributed by atoms with Crippen molar-refractivity contribution in [3.63, 3.8) is 0 Å². The summed E-state index contributed by atoms with van der Waals surface area (Å²) in [5.41, 5.74) is -1.93. The Kier molecular flexibility index (Phi) is 3.47. The van der Waals surface area contributed by atoms with Crippen molar-refractivity contribution in [3.05, 3.63) is 0 Å². The summed E-state index contributed by atoms with van der Waals surface area (Å²) in [5.74, 6) is 0. The summed E-state index contributed by atoms with van der Waals surface area (Å²) in [7, 11) is 0. The number of aliphatic hydroxyl groups excluding tert-OH is 2. The maximum Gasteiger partial charge on any atom is 0.408 e. The number of alkyl carbamates (subject to hydrolysis) is 1. The van der Waals surface area contributed by atoms with Crippen molar-refractivity contribution in [2.75, 3.05) is 6.61 Å². The Morgan fingerprint density at radius 1 is 1.47 bits per heavy atom. The standard InChI is InChI=1S/C12H23NO4/c1-10(2,3)17-9(16)13-12(7-14)6-8(15)11(12,4)5/h8,14-15H,6-7H2,1-5H3,(H,13,16). The Hall–Kier alpha value is -0.810. The summed E-state index contributed by atoms with van der Waals surface area (Å²) in [6.45, 7) is 8.75. The Morgan fingerprint density at radius 3 is 2.29 bits per heavy atom. The highest BCUT2D eigenvalue weighted by Gasteiger charge is 2.60. The number of nitrogens with one attached hydrogen (secondary N) is 1. The van der Waals surface area contributed by atoms with Crippen LogP contribution in [0.5, 0.6) is 0 Å². The van der Waals surface area contributed by atoms with Crippen LogP contribution in [0.2, 0.25) is 0 Å². The van der Waals surface area contributed by atoms with Gasteiger partial charge < -0.3 is 20.3 Å². The van der Waals surface area contributed by atoms with Gasteiger partial charge in [0.25, 0.3) is 0 Å². The van der Waals surface area contributed by atoms with Crippen molar-refractivity contribution in [1.82, 2.24) is 5.32 Å². The minimum atomic E-state index is -0.797. The third-order valence-corrected chi connectivity index (χ3v) is 3.62. The maximum atomic E-state index is 11.7. The van der Waals surface area contributed by atoms with Gasteiger partial charge in [-0.05, 0) is 27.2 Å². The first-order valence-electron chi connectivity index (χ1n) is 5.84. The molecule has 17 heavy (non-hydrogen) atoms. The van der Waals surface area contributed by atoms with Crippen molar-refractivity contribution in [2.24, 2.45) is 5.41 Å². The van der Waals surface area contributed by atoms with Crippen molar-refractivity contribution in [3.8, 4) is 0 Å². The first kappa shape index (κ1) is 14.3. The first-order chi connectivity index (χ1) is 7.54. The Bertz CT molecular complexity index is 308. The smallest absolute Gasteiger partial charge is 0.408 e. The lowest BCUT2D eigenvalue weighted by Crippen LogP contribution is -2.73. The highest BCUT2D eigenvalue weighted by Crippen LogP contribution is 2.49. The fourth-order valence-electron chi connectivity index (χ4n) is 2.06. The molecule has 5 nitrogen and oxygen atoms in total. The number of carbonyl (C=O) groups is 1. The van der Waals surface area contributed by atoms with Gasteiger partial charge in [0.1, 0.15) is 5.60 Å². The molecule has 0 aromatic carbocycles. The molecule has 0 radical (unpaired) electrons. The zero-order valence-electron chi connectivity index (χ0n) is 11.2. The molecule has 1 aliphatic carbocycles. The fourth-order valence-corrected chi connectivity index (χ4v) is 2.06. The second-order valence-corrected chi connectivity index (χ2v) is 6.31. The topological polar surface area (TPSA) is 78.8 Å². The predicted molar refractivity (Wildman–Crippen MR) is 63.6 cm³/mol. The number of carbonyl (C=O) groups excluding carboxylic acids is 1. The summed E-state index contributed by atoms with van der Waals surface area (Å²) >= 11 is 0. The van der Waals surface area contributed by atoms with E-state index in [2.05, 4.69) is 5.32 Å². The van der Waals surface area contributed by atoms with E-state index in [0.29, 0.717) is 6.42 Å². The average Bonchev–Trinajstić information content (AvgIpc) is 2.13. The molecule has 5 heteroatoms. The highest BCUT2D eigenvalue weighted by atomic mass is 16.6. The quantitative estimate of drug-likeness (QED) is 0.679. The van der Waals surface area contributed by atoms with Crippen LogP contribution in [0.4, 0.5) is 4.79 Å². The molecule has 0 aromatic heterocycles. The third kappa shape index (κ3) is 2.55. The first-order valence-corrected chi connectivity index (χ1v) is 5.84. The molecule has 3 N–H and O–H groups in total. The molecule has 100 valence electrons. The number of hydrogen-bond acceptors (Lipinski definition) is 4. The molecule has 1 aliphatic rings. The van der Waals surface area contributed by atoms with Gasteiger partial charge in [-0.25, -0.2) is 4.79 Å². The van der Waals surface area contributed by atoms with Crippen molar-refractivity contribution in [1.29, 1.82) is 0 Å². The number of aliphatic hydroxyl groups is 2. The monoisotopic (exact) mass is 245 g/mol. The van der Waals surface area contributed by atoms with Crippen LogP contribution >= 0.6 is 0 Å². The van der Waals surface area contributed by atoms with E-state index in [0.717, 1.165) is 0 Å². The summed E-state index contributed by atoms with van der Waals surface area (Å²) in [4.78, 5) is 11.7. The molecule has 0 aromatic rings. The van der Waals surface area contributed by atoms with E-state index in [1.165, 1.54) is 0 Å². The molecule has 2 atom stereocenters. The van der Waals surface area contributed by atoms with Crippen LogP contribution in [0.15, 0.2) is 0 Å². The molecule has 0 saturated heterocycles. The van der Waals surface area contributed by atoms with Crippen LogP contribution in [0, 0.1) is 5.41 Å². The normalized spacial score (nSPS) is 31.6. The Labute approximate surface area is 102 Å². The van der Waals surface area contributed by atoms with Crippen LogP contribution in [0.1, 0.15) is 41.0 Å². The summed E-state index contributed by atoms with van der Waals surface area (Å²) in [6.07, 6.45) is -0.744. The van der Waals surface area contributed by atoms with Gasteiger partial charge in [-0.2, -0.15) is 0 Å². The summed E-state index contributed by atoms with van der Waals surface area (Å²) in [5, 5.41) is 21.8. The second kappa shape index (κ2) is 4.14. The van der Waals surface area contributed by atoms with Gasteiger partial charge in [0, 0.05) is 5.41 Å². The zero-order valence-corrected chi connectivity index (χ0v) is 11.2. The molecule has 1 saturated carbocycles. The molecule has 1 rings (SSSR count). The van der Waals surface area contributed by atoms with E-state index in [-0.39, 0.29) is 6.61 Å². The van der Waals surface area contributed by atoms with E-state index in [1.54, 1.807) is 20.8 Å². The average molecular weight is 245 g/mol. The van der Waals surface area contributed by atoms with E-state index < -0.39 is 28.8 Å². The van der Waals surface area contributed by atoms with Crippen molar-refractivity contribution < 1.29 is 19.7 Å². The molecular formula is C12H23NO4. The fraction of sp³-hybridized carbons (Fsp3) is 0.917. The number of rotatable bonds is 2. The SMILES string of the molecule is CC(C)(C)OC(=O)NC1(CO)CC(O)C1(C)C. The molecule has 0 heterocycles. The van der Waals surface area contributed by atoms with Crippen LogP contribution in [0.25, 0.3) is 0 Å². The van der Waals surface area contributed by atoms with Crippen LogP contribution in [0.3, 0.4) is 0 Å². The molecule has 0 aliphatic heterocycles. The largest absolute Gasteiger partial charge is 0.444 e. The molecule has 0 spiro atoms. The van der Waals surface area contributed by atoms with Gasteiger partial charge in [-0.15, -0.1) is 0 Å². The molecule has 1 amide bonds. The lowest BCUT2D eigenvalue weighted by Gasteiger charge is -2.58. The lowest BCUT2D eigenvalue weighted by molar-refractivity contribution is -0.149. The Morgan fingerprint density at radius 2 is 2.00 bits per heavy atom. The summed E-state index contributed by atoms with van der Waals surface area (Å²) in [6, 6.07) is 0. The van der Waals surface area contributed by atoms with Gasteiger partial charge in [0.05, 0.1) is 18.2 Å². The molecular weight excluding hydrogens is 222 g/mol. The van der Waals surface area contributed by atoms with E-state index in [4.69, 9.17) is 4.74 Å². The van der Waals surface area contributed by atoms with Crippen LogP contribution in [-0.2, 0) is 4.74 Å². The maximum absolute atomic E-state index is 11.7.